The van der Waals surface area contributed by atoms with Crippen molar-refractivity contribution in [3.05, 3.63) is 41.2 Å². The molecular formula is C15H18N4S. The Labute approximate surface area is 122 Å². The molecule has 0 saturated heterocycles. The summed E-state index contributed by atoms with van der Waals surface area (Å²) in [7, 11) is 1.96. The van der Waals surface area contributed by atoms with Gasteiger partial charge in [0, 0.05) is 25.4 Å². The average molecular weight is 286 g/mol. The Morgan fingerprint density at radius 3 is 3.00 bits per heavy atom. The third-order valence-corrected chi connectivity index (χ3v) is 4.29. The van der Waals surface area contributed by atoms with Crippen LogP contribution in [-0.2, 0) is 20.0 Å². The van der Waals surface area contributed by atoms with Crippen LogP contribution in [0.25, 0.3) is 10.2 Å². The molecule has 2 aromatic heterocycles. The second-order valence-electron chi connectivity index (χ2n) is 4.97. The fourth-order valence-corrected chi connectivity index (χ4v) is 3.15. The van der Waals surface area contributed by atoms with Gasteiger partial charge in [-0.25, -0.2) is 4.98 Å². The number of thiazole rings is 1. The maximum absolute atomic E-state index is 4.63. The van der Waals surface area contributed by atoms with Crippen LogP contribution in [0.2, 0.25) is 0 Å². The van der Waals surface area contributed by atoms with E-state index in [4.69, 9.17) is 0 Å². The van der Waals surface area contributed by atoms with Gasteiger partial charge in [-0.1, -0.05) is 24.3 Å². The highest BCUT2D eigenvalue weighted by atomic mass is 32.1. The van der Waals surface area contributed by atoms with Crippen molar-refractivity contribution in [2.45, 2.75) is 26.8 Å². The van der Waals surface area contributed by atoms with Gasteiger partial charge in [-0.3, -0.25) is 4.68 Å². The molecule has 0 bridgehead atoms. The van der Waals surface area contributed by atoms with Crippen molar-refractivity contribution in [3.63, 3.8) is 0 Å². The van der Waals surface area contributed by atoms with E-state index in [2.05, 4.69) is 53.6 Å². The van der Waals surface area contributed by atoms with E-state index in [0.29, 0.717) is 0 Å². The van der Waals surface area contributed by atoms with Crippen LogP contribution in [0.4, 0.5) is 5.13 Å². The molecule has 0 unspecified atom stereocenters. The van der Waals surface area contributed by atoms with Gasteiger partial charge in [-0.15, -0.1) is 0 Å². The van der Waals surface area contributed by atoms with Crippen molar-refractivity contribution in [3.8, 4) is 0 Å². The van der Waals surface area contributed by atoms with Crippen LogP contribution in [0.15, 0.2) is 24.4 Å². The van der Waals surface area contributed by atoms with Crippen LogP contribution in [0.3, 0.4) is 0 Å². The molecule has 104 valence electrons. The lowest BCUT2D eigenvalue weighted by Gasteiger charge is -2.01. The predicted molar refractivity (Wildman–Crippen MR) is 84.3 cm³/mol. The second kappa shape index (κ2) is 5.25. The lowest BCUT2D eigenvalue weighted by Crippen LogP contribution is -2.00. The third kappa shape index (κ3) is 2.54. The summed E-state index contributed by atoms with van der Waals surface area (Å²) in [6.45, 7) is 5.00. The van der Waals surface area contributed by atoms with Crippen molar-refractivity contribution in [2.24, 2.45) is 7.05 Å². The fourth-order valence-electron chi connectivity index (χ4n) is 2.31. The molecule has 2 heterocycles. The number of hydrogen-bond acceptors (Lipinski definition) is 4. The molecule has 3 rings (SSSR count). The quantitative estimate of drug-likeness (QED) is 0.798. The summed E-state index contributed by atoms with van der Waals surface area (Å²) in [5.41, 5.74) is 4.71. The molecule has 4 nitrogen and oxygen atoms in total. The van der Waals surface area contributed by atoms with E-state index < -0.39 is 0 Å². The molecule has 5 heteroatoms. The molecule has 0 amide bonds. The Balaban J connectivity index is 1.79. The molecule has 3 aromatic rings. The topological polar surface area (TPSA) is 42.7 Å². The van der Waals surface area contributed by atoms with E-state index in [0.717, 1.165) is 29.3 Å². The first-order valence-electron chi connectivity index (χ1n) is 6.78. The summed E-state index contributed by atoms with van der Waals surface area (Å²) in [6.07, 6.45) is 3.03. The number of anilines is 1. The van der Waals surface area contributed by atoms with Crippen molar-refractivity contribution < 1.29 is 0 Å². The van der Waals surface area contributed by atoms with Gasteiger partial charge in [0.15, 0.2) is 5.13 Å². The van der Waals surface area contributed by atoms with E-state index in [1.165, 1.54) is 15.8 Å². The molecule has 20 heavy (non-hydrogen) atoms. The first-order valence-corrected chi connectivity index (χ1v) is 7.60. The van der Waals surface area contributed by atoms with E-state index in [-0.39, 0.29) is 0 Å². The number of nitrogens with one attached hydrogen (secondary N) is 1. The Kier molecular flexibility index (Phi) is 3.44. The largest absolute Gasteiger partial charge is 0.357 e. The number of hydrogen-bond donors (Lipinski definition) is 1. The first-order chi connectivity index (χ1) is 9.65. The number of fused-ring (bicyclic) bond motifs is 1. The smallest absolute Gasteiger partial charge is 0.184 e. The summed E-state index contributed by atoms with van der Waals surface area (Å²) < 4.78 is 3.09. The maximum Gasteiger partial charge on any atom is 0.184 e. The Morgan fingerprint density at radius 1 is 1.35 bits per heavy atom. The molecular weight excluding hydrogens is 268 g/mol. The van der Waals surface area contributed by atoms with Gasteiger partial charge in [-0.2, -0.15) is 5.10 Å². The van der Waals surface area contributed by atoms with E-state index in [1.807, 2.05) is 11.7 Å². The zero-order valence-electron chi connectivity index (χ0n) is 12.0. The highest BCUT2D eigenvalue weighted by Gasteiger charge is 2.08. The van der Waals surface area contributed by atoms with Gasteiger partial charge in [0.1, 0.15) is 0 Å². The predicted octanol–water partition coefficient (Wildman–Crippen LogP) is 3.51. The molecule has 0 atom stereocenters. The number of aryl methyl sites for hydroxylation is 3. The zero-order chi connectivity index (χ0) is 14.1. The van der Waals surface area contributed by atoms with Crippen LogP contribution in [0.1, 0.15) is 23.7 Å². The molecule has 0 spiro atoms. The van der Waals surface area contributed by atoms with E-state index >= 15 is 0 Å². The first kappa shape index (κ1) is 13.1. The van der Waals surface area contributed by atoms with Gasteiger partial charge in [0.25, 0.3) is 0 Å². The van der Waals surface area contributed by atoms with Crippen molar-refractivity contribution in [2.75, 3.05) is 5.32 Å². The normalized spacial score (nSPS) is 11.2. The molecule has 0 radical (unpaired) electrons. The molecule has 0 saturated carbocycles. The van der Waals surface area contributed by atoms with Gasteiger partial charge < -0.3 is 5.32 Å². The number of aromatic nitrogens is 3. The van der Waals surface area contributed by atoms with Gasteiger partial charge in [0.05, 0.1) is 15.9 Å². The Hall–Kier alpha value is -1.88. The van der Waals surface area contributed by atoms with E-state index in [9.17, 15) is 0 Å². The third-order valence-electron chi connectivity index (χ3n) is 3.30. The minimum atomic E-state index is 0.774. The highest BCUT2D eigenvalue weighted by molar-refractivity contribution is 7.22. The summed E-state index contributed by atoms with van der Waals surface area (Å²) in [4.78, 5) is 4.63. The number of rotatable bonds is 4. The monoisotopic (exact) mass is 286 g/mol. The molecule has 0 fully saturated rings. The molecule has 0 aliphatic carbocycles. The zero-order valence-corrected chi connectivity index (χ0v) is 12.8. The Morgan fingerprint density at radius 2 is 2.20 bits per heavy atom. The van der Waals surface area contributed by atoms with Crippen LogP contribution >= 0.6 is 11.3 Å². The molecule has 1 N–H and O–H groups in total. The second-order valence-corrected chi connectivity index (χ2v) is 6.00. The lowest BCUT2D eigenvalue weighted by atomic mass is 10.2. The van der Waals surface area contributed by atoms with Gasteiger partial charge in [-0.05, 0) is 31.0 Å². The maximum atomic E-state index is 4.63. The average Bonchev–Trinajstić information content (AvgIpc) is 2.98. The Bertz CT molecular complexity index is 741. The summed E-state index contributed by atoms with van der Waals surface area (Å²) in [5.74, 6) is 0. The minimum Gasteiger partial charge on any atom is -0.357 e. The lowest BCUT2D eigenvalue weighted by molar-refractivity contribution is 0.746. The van der Waals surface area contributed by atoms with Crippen molar-refractivity contribution in [1.29, 1.82) is 0 Å². The molecule has 0 aliphatic rings. The van der Waals surface area contributed by atoms with Gasteiger partial charge >= 0.3 is 0 Å². The molecule has 0 aliphatic heterocycles. The summed E-state index contributed by atoms with van der Waals surface area (Å²) in [5, 5.41) is 8.84. The van der Waals surface area contributed by atoms with Gasteiger partial charge in [0.2, 0.25) is 0 Å². The van der Waals surface area contributed by atoms with Crippen LogP contribution in [0, 0.1) is 6.92 Å². The summed E-state index contributed by atoms with van der Waals surface area (Å²) >= 11 is 1.70. The molecule has 1 aromatic carbocycles. The number of benzene rings is 1. The number of nitrogens with zero attached hydrogens (tertiary/aromatic N) is 3. The fraction of sp³-hybridized carbons (Fsp3) is 0.333. The highest BCUT2D eigenvalue weighted by Crippen LogP contribution is 2.27. The summed E-state index contributed by atoms with van der Waals surface area (Å²) in [6, 6.07) is 6.38. The van der Waals surface area contributed by atoms with Crippen LogP contribution in [-0.4, -0.2) is 14.8 Å². The minimum absolute atomic E-state index is 0.774. The van der Waals surface area contributed by atoms with Crippen molar-refractivity contribution in [1.82, 2.24) is 14.8 Å². The van der Waals surface area contributed by atoms with Crippen molar-refractivity contribution >= 4 is 26.7 Å². The SMILES string of the molecule is CCc1nn(C)cc1CNc1nc2cc(C)ccc2s1. The van der Waals surface area contributed by atoms with E-state index in [1.54, 1.807) is 11.3 Å². The van der Waals surface area contributed by atoms with Crippen LogP contribution < -0.4 is 5.32 Å². The standard InChI is InChI=1S/C15H18N4S/c1-4-12-11(9-19(3)18-12)8-16-15-17-13-7-10(2)5-6-14(13)20-15/h5-7,9H,4,8H2,1-3H3,(H,16,17). The van der Waals surface area contributed by atoms with Crippen LogP contribution in [0.5, 0.6) is 0 Å².